The number of fused-ring (bicyclic) bond motifs is 5. The molecular weight excluding hydrogens is 743 g/mol. The monoisotopic (exact) mass is 777 g/mol. The normalized spacial score (nSPS) is 14.8. The molecule has 0 saturated carbocycles. The van der Waals surface area contributed by atoms with Crippen molar-refractivity contribution in [3.05, 3.63) is 108 Å². The summed E-state index contributed by atoms with van der Waals surface area (Å²) in [5, 5.41) is 4.03. The van der Waals surface area contributed by atoms with E-state index in [-0.39, 0.29) is 21.6 Å². The minimum atomic E-state index is -3.69. The van der Waals surface area contributed by atoms with Gasteiger partial charge in [-0.3, -0.25) is 4.79 Å². The van der Waals surface area contributed by atoms with Crippen molar-refractivity contribution in [1.82, 2.24) is 19.9 Å². The molecule has 1 aliphatic heterocycles. The summed E-state index contributed by atoms with van der Waals surface area (Å²) in [7, 11) is 1.31. The minimum Gasteiger partial charge on any atom is -0.481 e. The second-order valence-corrected chi connectivity index (χ2v) is 16.9. The number of anilines is 4. The van der Waals surface area contributed by atoms with Crippen LogP contribution in [0.3, 0.4) is 0 Å². The molecule has 274 valence electrons. The number of aromatic nitrogens is 4. The summed E-state index contributed by atoms with van der Waals surface area (Å²) in [4.78, 5) is 35.2. The molecule has 7 aromatic rings. The lowest BCUT2D eigenvalue weighted by Crippen LogP contribution is -2.26. The Hall–Kier alpha value is -5.64. The highest BCUT2D eigenvalue weighted by Gasteiger charge is 2.35. The third kappa shape index (κ3) is 6.70. The van der Waals surface area contributed by atoms with E-state index in [2.05, 4.69) is 49.5 Å². The number of ether oxygens (including phenoxy) is 2. The van der Waals surface area contributed by atoms with Gasteiger partial charge in [0, 0.05) is 19.2 Å². The summed E-state index contributed by atoms with van der Waals surface area (Å²) in [6.45, 7) is 0. The van der Waals surface area contributed by atoms with Gasteiger partial charge in [-0.1, -0.05) is 65.1 Å². The van der Waals surface area contributed by atoms with Gasteiger partial charge < -0.3 is 25.4 Å². The molecule has 1 atom stereocenters. The predicted octanol–water partition coefficient (Wildman–Crippen LogP) is 7.42. The summed E-state index contributed by atoms with van der Waals surface area (Å²) < 4.78 is 37.2. The number of methoxy groups -OCH3 is 2. The van der Waals surface area contributed by atoms with Crippen LogP contribution >= 0.6 is 22.7 Å². The molecule has 3 N–H and O–H groups in total. The van der Waals surface area contributed by atoms with Gasteiger partial charge in [-0.15, -0.1) is 0 Å². The Balaban J connectivity index is 0.000000292. The Labute approximate surface area is 319 Å². The van der Waals surface area contributed by atoms with Crippen molar-refractivity contribution in [3.63, 3.8) is 0 Å². The van der Waals surface area contributed by atoms with E-state index in [9.17, 15) is 13.2 Å². The molecular formula is C39H35N7O5S3. The summed E-state index contributed by atoms with van der Waals surface area (Å²) in [6.07, 6.45) is 2.41. The van der Waals surface area contributed by atoms with Crippen molar-refractivity contribution in [1.29, 1.82) is 0 Å². The Kier molecular flexibility index (Phi) is 9.37. The number of carbonyl (C=O) groups is 1. The lowest BCUT2D eigenvalue weighted by Gasteiger charge is -2.31. The smallest absolute Gasteiger partial charge is 0.233 e. The number of benzene rings is 3. The largest absolute Gasteiger partial charge is 0.481 e. The minimum absolute atomic E-state index is 0.182. The maximum absolute atomic E-state index is 14.0. The first-order chi connectivity index (χ1) is 26.1. The molecule has 5 heterocycles. The Morgan fingerprint density at radius 2 is 1.43 bits per heavy atom. The molecule has 15 heteroatoms. The van der Waals surface area contributed by atoms with Crippen LogP contribution in [0.1, 0.15) is 29.0 Å². The average Bonchev–Trinajstić information content (AvgIpc) is 3.90. The summed E-state index contributed by atoms with van der Waals surface area (Å²) >= 11 is 2.65. The second-order valence-electron chi connectivity index (χ2n) is 13.0. The van der Waals surface area contributed by atoms with Crippen LogP contribution in [0.2, 0.25) is 0 Å². The van der Waals surface area contributed by atoms with Gasteiger partial charge in [0.2, 0.25) is 27.5 Å². The SMILES string of the molecule is COc1ccc2nc(N)sc2n1.COc1ccc2nc(NC(=O)C(CC3Cc4ccccc4C3)c3ccc4c(c3)N(C)c3ccccc3S4(=O)=O)sc2n1. The molecule has 2 aliphatic rings. The van der Waals surface area contributed by atoms with Gasteiger partial charge in [0.15, 0.2) is 10.3 Å². The van der Waals surface area contributed by atoms with Crippen LogP contribution in [0.25, 0.3) is 20.7 Å². The maximum Gasteiger partial charge on any atom is 0.233 e. The fourth-order valence-electron chi connectivity index (χ4n) is 7.09. The number of amides is 1. The third-order valence-corrected chi connectivity index (χ3v) is 13.2. The van der Waals surface area contributed by atoms with Crippen molar-refractivity contribution >= 4 is 80.8 Å². The van der Waals surface area contributed by atoms with E-state index in [1.807, 2.05) is 36.2 Å². The van der Waals surface area contributed by atoms with Crippen molar-refractivity contribution in [2.24, 2.45) is 5.92 Å². The highest BCUT2D eigenvalue weighted by atomic mass is 32.2. The third-order valence-electron chi connectivity index (χ3n) is 9.70. The quantitative estimate of drug-likeness (QED) is 0.166. The topological polar surface area (TPSA) is 163 Å². The van der Waals surface area contributed by atoms with Crippen molar-refractivity contribution in [2.45, 2.75) is 35.0 Å². The van der Waals surface area contributed by atoms with E-state index in [0.717, 1.165) is 28.8 Å². The molecule has 9 rings (SSSR count). The molecule has 0 radical (unpaired) electrons. The summed E-state index contributed by atoms with van der Waals surface area (Å²) in [6, 6.07) is 27.9. The Morgan fingerprint density at radius 3 is 2.11 bits per heavy atom. The number of nitrogen functional groups attached to an aromatic ring is 1. The van der Waals surface area contributed by atoms with Crippen LogP contribution in [0.4, 0.5) is 21.6 Å². The number of nitrogens with two attached hydrogens (primary N) is 1. The number of carbonyl (C=O) groups excluding carboxylic acids is 1. The fourth-order valence-corrected chi connectivity index (χ4v) is 10.3. The number of nitrogens with zero attached hydrogens (tertiary/aromatic N) is 5. The Morgan fingerprint density at radius 1 is 0.815 bits per heavy atom. The number of nitrogens with one attached hydrogen (secondary N) is 1. The number of hydrogen-bond acceptors (Lipinski definition) is 13. The first-order valence-electron chi connectivity index (χ1n) is 17.1. The highest BCUT2D eigenvalue weighted by molar-refractivity contribution is 7.92. The van der Waals surface area contributed by atoms with E-state index in [1.165, 1.54) is 33.8 Å². The zero-order valence-corrected chi connectivity index (χ0v) is 32.0. The molecule has 0 fully saturated rings. The molecule has 1 aliphatic carbocycles. The van der Waals surface area contributed by atoms with Gasteiger partial charge in [0.1, 0.15) is 20.7 Å². The molecule has 0 saturated heterocycles. The number of thiazole rings is 2. The van der Waals surface area contributed by atoms with Gasteiger partial charge in [-0.2, -0.15) is 0 Å². The van der Waals surface area contributed by atoms with Crippen LogP contribution in [0.15, 0.2) is 101 Å². The molecule has 54 heavy (non-hydrogen) atoms. The number of hydrogen-bond donors (Lipinski definition) is 2. The van der Waals surface area contributed by atoms with Crippen molar-refractivity contribution in [2.75, 3.05) is 37.2 Å². The molecule has 12 nitrogen and oxygen atoms in total. The molecule has 4 aromatic heterocycles. The predicted molar refractivity (Wildman–Crippen MR) is 212 cm³/mol. The standard InChI is InChI=1S/C32H28N4O4S2.C7H7N3OS/c1-36-25-9-5-6-10-27(25)42(38,39)28-13-11-22(18-26(28)36)23(17-19-15-20-7-3-4-8-21(20)16-19)30(37)35-32-33-24-12-14-29(40-2)34-31(24)41-32;1-11-5-3-2-4-6(10-5)12-7(8)9-4/h3-14,18-19,23H,15-17H2,1-2H3,(H,33,35,37);2-3H,1H3,(H2,8,9). The highest BCUT2D eigenvalue weighted by Crippen LogP contribution is 2.45. The van der Waals surface area contributed by atoms with Gasteiger partial charge in [-0.25, -0.2) is 28.4 Å². The molecule has 0 spiro atoms. The van der Waals surface area contributed by atoms with Gasteiger partial charge in [0.25, 0.3) is 0 Å². The van der Waals surface area contributed by atoms with Crippen LogP contribution in [0.5, 0.6) is 11.8 Å². The Bertz CT molecular complexity index is 2640. The molecule has 3 aromatic carbocycles. The van der Waals surface area contributed by atoms with E-state index in [4.69, 9.17) is 15.2 Å². The first kappa shape index (κ1) is 35.4. The van der Waals surface area contributed by atoms with Crippen LogP contribution in [0, 0.1) is 5.92 Å². The number of pyridine rings is 2. The van der Waals surface area contributed by atoms with Crippen LogP contribution < -0.4 is 25.4 Å². The first-order valence-corrected chi connectivity index (χ1v) is 20.2. The van der Waals surface area contributed by atoms with Gasteiger partial charge >= 0.3 is 0 Å². The van der Waals surface area contributed by atoms with Crippen molar-refractivity contribution in [3.8, 4) is 11.8 Å². The molecule has 0 bridgehead atoms. The zero-order valence-electron chi connectivity index (χ0n) is 29.5. The molecule has 1 amide bonds. The zero-order chi connectivity index (χ0) is 37.6. The fraction of sp³-hybridized carbons (Fsp3) is 0.205. The maximum atomic E-state index is 14.0. The van der Waals surface area contributed by atoms with E-state index in [0.29, 0.717) is 50.2 Å². The summed E-state index contributed by atoms with van der Waals surface area (Å²) in [5.41, 5.74) is 11.6. The molecule has 1 unspecified atom stereocenters. The van der Waals surface area contributed by atoms with Gasteiger partial charge in [-0.05, 0) is 78.3 Å². The van der Waals surface area contributed by atoms with Crippen LogP contribution in [-0.4, -0.2) is 55.5 Å². The van der Waals surface area contributed by atoms with Crippen molar-refractivity contribution < 1.29 is 22.7 Å². The number of rotatable bonds is 7. The lowest BCUT2D eigenvalue weighted by atomic mass is 9.86. The van der Waals surface area contributed by atoms with E-state index >= 15 is 0 Å². The van der Waals surface area contributed by atoms with Crippen LogP contribution in [-0.2, 0) is 27.5 Å². The second kappa shape index (κ2) is 14.3. The van der Waals surface area contributed by atoms with Gasteiger partial charge in [0.05, 0.1) is 41.3 Å². The van der Waals surface area contributed by atoms with E-state index < -0.39 is 15.8 Å². The lowest BCUT2D eigenvalue weighted by molar-refractivity contribution is -0.118. The van der Waals surface area contributed by atoms with E-state index in [1.54, 1.807) is 56.7 Å². The number of sulfone groups is 1. The number of para-hydroxylation sites is 1. The average molecular weight is 778 g/mol. The summed E-state index contributed by atoms with van der Waals surface area (Å²) in [5.74, 6) is 0.650.